The van der Waals surface area contributed by atoms with Crippen LogP contribution in [0.2, 0.25) is 5.02 Å². The van der Waals surface area contributed by atoms with Crippen molar-refractivity contribution in [2.24, 2.45) is 0 Å². The molecule has 7 heteroatoms. The molecule has 0 spiro atoms. The predicted molar refractivity (Wildman–Crippen MR) is 66.5 cm³/mol. The average Bonchev–Trinajstić information content (AvgIpc) is 2.73. The van der Waals surface area contributed by atoms with Gasteiger partial charge in [0.1, 0.15) is 6.61 Å². The summed E-state index contributed by atoms with van der Waals surface area (Å²) in [6, 6.07) is 5.22. The van der Waals surface area contributed by atoms with Gasteiger partial charge in [0.2, 0.25) is 0 Å². The fourth-order valence-corrected chi connectivity index (χ4v) is 1.79. The highest BCUT2D eigenvalue weighted by Crippen LogP contribution is 2.20. The predicted octanol–water partition coefficient (Wildman–Crippen LogP) is 2.34. The topological polar surface area (TPSA) is 60.2 Å². The first-order valence-electron chi connectivity index (χ1n) is 4.82. The molecule has 0 unspecified atom stereocenters. The summed E-state index contributed by atoms with van der Waals surface area (Å²) >= 11 is 10.2. The van der Waals surface area contributed by atoms with E-state index < -0.39 is 0 Å². The van der Waals surface area contributed by atoms with Crippen molar-refractivity contribution < 1.29 is 10.1 Å². The Labute approximate surface area is 108 Å². The molecule has 2 aromatic heterocycles. The monoisotopic (exact) mass is 271 g/mol. The van der Waals surface area contributed by atoms with Gasteiger partial charge in [-0.05, 0) is 18.2 Å². The number of halogens is 1. The third-order valence-electron chi connectivity index (χ3n) is 2.15. The van der Waals surface area contributed by atoms with Gasteiger partial charge in [-0.3, -0.25) is 5.26 Å². The van der Waals surface area contributed by atoms with E-state index in [9.17, 15) is 0 Å². The molecule has 0 fully saturated rings. The molecule has 0 atom stereocenters. The van der Waals surface area contributed by atoms with Crippen LogP contribution in [0.15, 0.2) is 24.4 Å². The van der Waals surface area contributed by atoms with E-state index in [1.165, 1.54) is 4.68 Å². The minimum absolute atomic E-state index is 0.00762. The number of hydrogen-bond donors (Lipinski definition) is 2. The SMILES string of the molecule is OOCc1cc(CS)nn1-c1ncccc1Cl. The maximum atomic E-state index is 8.53. The molecule has 2 aromatic rings. The van der Waals surface area contributed by atoms with E-state index in [0.717, 1.165) is 5.69 Å². The molecule has 2 rings (SSSR count). The molecule has 0 saturated carbocycles. The third-order valence-corrected chi connectivity index (χ3v) is 2.77. The fourth-order valence-electron chi connectivity index (χ4n) is 1.44. The Kier molecular flexibility index (Phi) is 4.01. The second-order valence-corrected chi connectivity index (χ2v) is 4.00. The Hall–Kier alpha value is -1.08. The summed E-state index contributed by atoms with van der Waals surface area (Å²) < 4.78 is 1.53. The Morgan fingerprint density at radius 1 is 1.53 bits per heavy atom. The van der Waals surface area contributed by atoms with E-state index in [1.54, 1.807) is 24.4 Å². The van der Waals surface area contributed by atoms with E-state index >= 15 is 0 Å². The van der Waals surface area contributed by atoms with Crippen LogP contribution in [0, 0.1) is 0 Å². The molecule has 0 bridgehead atoms. The zero-order valence-electron chi connectivity index (χ0n) is 8.75. The summed E-state index contributed by atoms with van der Waals surface area (Å²) in [5, 5.41) is 13.3. The van der Waals surface area contributed by atoms with Gasteiger partial charge < -0.3 is 0 Å². The Morgan fingerprint density at radius 2 is 2.35 bits per heavy atom. The van der Waals surface area contributed by atoms with E-state index in [0.29, 0.717) is 22.3 Å². The van der Waals surface area contributed by atoms with Crippen molar-refractivity contribution >= 4 is 24.2 Å². The number of thiol groups is 1. The lowest BCUT2D eigenvalue weighted by atomic mass is 10.4. The van der Waals surface area contributed by atoms with Crippen molar-refractivity contribution in [3.8, 4) is 5.82 Å². The highest BCUT2D eigenvalue weighted by atomic mass is 35.5. The summed E-state index contributed by atoms with van der Waals surface area (Å²) in [4.78, 5) is 8.28. The van der Waals surface area contributed by atoms with Gasteiger partial charge in [-0.2, -0.15) is 17.7 Å². The Bertz CT molecular complexity index is 518. The molecule has 0 amide bonds. The van der Waals surface area contributed by atoms with Crippen molar-refractivity contribution in [3.05, 3.63) is 40.8 Å². The van der Waals surface area contributed by atoms with Gasteiger partial charge in [-0.1, -0.05) is 11.6 Å². The summed E-state index contributed by atoms with van der Waals surface area (Å²) in [6.07, 6.45) is 1.62. The van der Waals surface area contributed by atoms with Gasteiger partial charge in [0.15, 0.2) is 5.82 Å². The number of nitrogens with zero attached hydrogens (tertiary/aromatic N) is 3. The number of hydrogen-bond acceptors (Lipinski definition) is 5. The molecule has 0 aliphatic heterocycles. The van der Waals surface area contributed by atoms with Crippen molar-refractivity contribution in [2.75, 3.05) is 0 Å². The van der Waals surface area contributed by atoms with Crippen LogP contribution < -0.4 is 0 Å². The summed E-state index contributed by atoms with van der Waals surface area (Å²) in [5.41, 5.74) is 1.40. The quantitative estimate of drug-likeness (QED) is 0.509. The lowest BCUT2D eigenvalue weighted by molar-refractivity contribution is -0.254. The second kappa shape index (κ2) is 5.50. The molecule has 5 nitrogen and oxygen atoms in total. The van der Waals surface area contributed by atoms with Crippen LogP contribution in [-0.2, 0) is 17.2 Å². The van der Waals surface area contributed by atoms with Crippen LogP contribution in [0.4, 0.5) is 0 Å². The van der Waals surface area contributed by atoms with E-state index in [-0.39, 0.29) is 6.61 Å². The largest absolute Gasteiger partial charge is 0.251 e. The van der Waals surface area contributed by atoms with Crippen LogP contribution in [0.5, 0.6) is 0 Å². The lowest BCUT2D eigenvalue weighted by Crippen LogP contribution is -2.06. The lowest BCUT2D eigenvalue weighted by Gasteiger charge is -2.06. The maximum Gasteiger partial charge on any atom is 0.172 e. The normalized spacial score (nSPS) is 10.8. The van der Waals surface area contributed by atoms with Crippen LogP contribution in [0.25, 0.3) is 5.82 Å². The minimum atomic E-state index is 0.00762. The molecule has 0 radical (unpaired) electrons. The molecule has 1 N–H and O–H groups in total. The summed E-state index contributed by atoms with van der Waals surface area (Å²) in [7, 11) is 0. The highest BCUT2D eigenvalue weighted by molar-refractivity contribution is 7.79. The van der Waals surface area contributed by atoms with E-state index in [1.807, 2.05) is 0 Å². The fraction of sp³-hybridized carbons (Fsp3) is 0.200. The van der Waals surface area contributed by atoms with Crippen molar-refractivity contribution in [2.45, 2.75) is 12.4 Å². The van der Waals surface area contributed by atoms with E-state index in [4.69, 9.17) is 16.9 Å². The van der Waals surface area contributed by atoms with Crippen molar-refractivity contribution in [3.63, 3.8) is 0 Å². The highest BCUT2D eigenvalue weighted by Gasteiger charge is 2.12. The van der Waals surface area contributed by atoms with Gasteiger partial charge in [-0.15, -0.1) is 0 Å². The van der Waals surface area contributed by atoms with Crippen LogP contribution in [-0.4, -0.2) is 20.0 Å². The standard InChI is InChI=1S/C10H10ClN3O2S/c11-9-2-1-3-12-10(9)14-8(5-16-15)4-7(6-17)13-14/h1-4,15,17H,5-6H2. The summed E-state index contributed by atoms with van der Waals surface area (Å²) in [6.45, 7) is 0.00762. The zero-order chi connectivity index (χ0) is 12.3. The smallest absolute Gasteiger partial charge is 0.172 e. The van der Waals surface area contributed by atoms with Crippen LogP contribution in [0.3, 0.4) is 0 Å². The molecule has 0 aliphatic rings. The Balaban J connectivity index is 2.50. The number of rotatable bonds is 4. The van der Waals surface area contributed by atoms with Crippen molar-refractivity contribution in [1.29, 1.82) is 0 Å². The number of aromatic nitrogens is 3. The molecular weight excluding hydrogens is 262 g/mol. The zero-order valence-corrected chi connectivity index (χ0v) is 10.4. The molecular formula is C10H10ClN3O2S. The van der Waals surface area contributed by atoms with Crippen LogP contribution >= 0.6 is 24.2 Å². The first-order chi connectivity index (χ1) is 8.26. The third kappa shape index (κ3) is 2.61. The molecule has 17 heavy (non-hydrogen) atoms. The van der Waals surface area contributed by atoms with Crippen molar-refractivity contribution in [1.82, 2.24) is 14.8 Å². The minimum Gasteiger partial charge on any atom is -0.251 e. The first-order valence-corrected chi connectivity index (χ1v) is 5.83. The molecule has 90 valence electrons. The maximum absolute atomic E-state index is 8.53. The molecule has 2 heterocycles. The first kappa shape index (κ1) is 12.4. The molecule has 0 saturated heterocycles. The summed E-state index contributed by atoms with van der Waals surface area (Å²) in [5.74, 6) is 0.977. The van der Waals surface area contributed by atoms with Gasteiger partial charge in [-0.25, -0.2) is 14.6 Å². The van der Waals surface area contributed by atoms with Gasteiger partial charge in [0, 0.05) is 11.9 Å². The van der Waals surface area contributed by atoms with Gasteiger partial charge in [0.25, 0.3) is 0 Å². The Morgan fingerprint density at radius 3 is 3.00 bits per heavy atom. The molecule has 0 aliphatic carbocycles. The molecule has 0 aromatic carbocycles. The van der Waals surface area contributed by atoms with Crippen LogP contribution in [0.1, 0.15) is 11.4 Å². The second-order valence-electron chi connectivity index (χ2n) is 3.28. The average molecular weight is 272 g/mol. The van der Waals surface area contributed by atoms with Gasteiger partial charge in [0.05, 0.1) is 16.4 Å². The van der Waals surface area contributed by atoms with E-state index in [2.05, 4.69) is 27.6 Å². The number of pyridine rings is 1. The van der Waals surface area contributed by atoms with Gasteiger partial charge >= 0.3 is 0 Å².